The molecule has 1 N–H and O–H groups in total. The van der Waals surface area contributed by atoms with Crippen LogP contribution < -0.4 is 10.2 Å². The van der Waals surface area contributed by atoms with Crippen molar-refractivity contribution in [3.05, 3.63) is 53.6 Å². The Hall–Kier alpha value is -2.13. The maximum absolute atomic E-state index is 11.0. The van der Waals surface area contributed by atoms with Gasteiger partial charge in [0.2, 0.25) is 0 Å². The topological polar surface area (TPSA) is 32.3 Å². The van der Waals surface area contributed by atoms with Gasteiger partial charge in [-0.3, -0.25) is 4.79 Å². The zero-order chi connectivity index (χ0) is 14.9. The molecule has 2 aliphatic heterocycles. The van der Waals surface area contributed by atoms with Gasteiger partial charge in [-0.15, -0.1) is 0 Å². The first kappa shape index (κ1) is 13.5. The number of aldehydes is 1. The maximum Gasteiger partial charge on any atom is 0.150 e. The van der Waals surface area contributed by atoms with Crippen LogP contribution in [0.25, 0.3) is 11.1 Å². The molecule has 3 nitrogen and oxygen atoms in total. The zero-order valence-corrected chi connectivity index (χ0v) is 12.6. The quantitative estimate of drug-likeness (QED) is 0.864. The molecule has 0 amide bonds. The normalized spacial score (nSPS) is 20.2. The third kappa shape index (κ3) is 2.32. The van der Waals surface area contributed by atoms with Gasteiger partial charge in [-0.1, -0.05) is 30.3 Å². The molecule has 0 aliphatic carbocycles. The highest BCUT2D eigenvalue weighted by molar-refractivity contribution is 5.80. The van der Waals surface area contributed by atoms with Crippen LogP contribution >= 0.6 is 0 Å². The third-order valence-electron chi connectivity index (χ3n) is 4.83. The number of hydrogen-bond donors (Lipinski definition) is 1. The Labute approximate surface area is 131 Å². The van der Waals surface area contributed by atoms with E-state index >= 15 is 0 Å². The van der Waals surface area contributed by atoms with Crippen molar-refractivity contribution in [1.29, 1.82) is 0 Å². The molecule has 2 aliphatic rings. The fourth-order valence-corrected chi connectivity index (χ4v) is 3.69. The third-order valence-corrected chi connectivity index (χ3v) is 4.83. The lowest BCUT2D eigenvalue weighted by molar-refractivity contribution is 0.112. The van der Waals surface area contributed by atoms with E-state index in [1.807, 2.05) is 18.2 Å². The Kier molecular flexibility index (Phi) is 3.43. The second-order valence-corrected chi connectivity index (χ2v) is 6.18. The largest absolute Gasteiger partial charge is 0.367 e. The first-order chi connectivity index (χ1) is 10.8. The Morgan fingerprint density at radius 2 is 2.00 bits per heavy atom. The Bertz CT molecular complexity index is 710. The molecule has 0 radical (unpaired) electrons. The molecule has 3 heteroatoms. The fraction of sp³-hybridized carbons (Fsp3) is 0.316. The lowest BCUT2D eigenvalue weighted by Gasteiger charge is -2.24. The van der Waals surface area contributed by atoms with E-state index in [0.717, 1.165) is 43.5 Å². The molecule has 0 aromatic heterocycles. The summed E-state index contributed by atoms with van der Waals surface area (Å²) in [4.78, 5) is 13.5. The molecule has 0 saturated carbocycles. The summed E-state index contributed by atoms with van der Waals surface area (Å²) >= 11 is 0. The number of nitrogens with one attached hydrogen (secondary N) is 1. The highest BCUT2D eigenvalue weighted by Crippen LogP contribution is 2.37. The number of rotatable bonds is 2. The number of carbonyl (C=O) groups excluding carboxylic acids is 1. The molecule has 2 aromatic rings. The molecule has 4 rings (SSSR count). The van der Waals surface area contributed by atoms with E-state index < -0.39 is 0 Å². The molecule has 1 fully saturated rings. The fourth-order valence-electron chi connectivity index (χ4n) is 3.69. The Balaban J connectivity index is 1.72. The van der Waals surface area contributed by atoms with E-state index in [2.05, 4.69) is 34.5 Å². The van der Waals surface area contributed by atoms with E-state index in [4.69, 9.17) is 0 Å². The molecule has 1 saturated heterocycles. The average Bonchev–Trinajstić information content (AvgIpc) is 2.75. The molecular formula is C19H20N2O. The van der Waals surface area contributed by atoms with E-state index in [9.17, 15) is 4.79 Å². The van der Waals surface area contributed by atoms with E-state index in [0.29, 0.717) is 6.04 Å². The van der Waals surface area contributed by atoms with Crippen LogP contribution in [0, 0.1) is 0 Å². The number of anilines is 1. The second kappa shape index (κ2) is 5.58. The SMILES string of the molecule is O=Cc1cccc(-c2ccc3c(c2)N2CCNCCC2C3)c1. The summed E-state index contributed by atoms with van der Waals surface area (Å²) < 4.78 is 0. The minimum atomic E-state index is 0.640. The maximum atomic E-state index is 11.0. The van der Waals surface area contributed by atoms with Gasteiger partial charge in [-0.2, -0.15) is 0 Å². The minimum absolute atomic E-state index is 0.640. The summed E-state index contributed by atoms with van der Waals surface area (Å²) in [5, 5.41) is 3.49. The van der Waals surface area contributed by atoms with Gasteiger partial charge < -0.3 is 10.2 Å². The number of hydrogen-bond acceptors (Lipinski definition) is 3. The van der Waals surface area contributed by atoms with Gasteiger partial charge in [-0.05, 0) is 48.2 Å². The monoisotopic (exact) mass is 292 g/mol. The van der Waals surface area contributed by atoms with E-state index in [-0.39, 0.29) is 0 Å². The van der Waals surface area contributed by atoms with Gasteiger partial charge in [0.05, 0.1) is 0 Å². The summed E-state index contributed by atoms with van der Waals surface area (Å²) in [5.41, 5.74) is 5.88. The van der Waals surface area contributed by atoms with Gasteiger partial charge in [0, 0.05) is 30.4 Å². The summed E-state index contributed by atoms with van der Waals surface area (Å²) in [7, 11) is 0. The molecule has 112 valence electrons. The van der Waals surface area contributed by atoms with Gasteiger partial charge in [0.25, 0.3) is 0 Å². The predicted molar refractivity (Wildman–Crippen MR) is 89.6 cm³/mol. The number of carbonyl (C=O) groups is 1. The summed E-state index contributed by atoms with van der Waals surface area (Å²) in [6, 6.07) is 15.2. The van der Waals surface area contributed by atoms with Gasteiger partial charge >= 0.3 is 0 Å². The number of benzene rings is 2. The first-order valence-corrected chi connectivity index (χ1v) is 8.01. The molecule has 1 unspecified atom stereocenters. The van der Waals surface area contributed by atoms with Crippen LogP contribution in [0.5, 0.6) is 0 Å². The molecular weight excluding hydrogens is 272 g/mol. The highest BCUT2D eigenvalue weighted by Gasteiger charge is 2.30. The smallest absolute Gasteiger partial charge is 0.150 e. The summed E-state index contributed by atoms with van der Waals surface area (Å²) in [6.07, 6.45) is 3.28. The van der Waals surface area contributed by atoms with Crippen molar-refractivity contribution in [2.24, 2.45) is 0 Å². The first-order valence-electron chi connectivity index (χ1n) is 8.01. The highest BCUT2D eigenvalue weighted by atomic mass is 16.1. The van der Waals surface area contributed by atoms with Crippen LogP contribution in [-0.2, 0) is 6.42 Å². The second-order valence-electron chi connectivity index (χ2n) is 6.18. The minimum Gasteiger partial charge on any atom is -0.367 e. The predicted octanol–water partition coefficient (Wildman–Crippen LogP) is 2.89. The number of fused-ring (bicyclic) bond motifs is 3. The lowest BCUT2D eigenvalue weighted by atomic mass is 10.0. The van der Waals surface area contributed by atoms with Crippen molar-refractivity contribution in [3.63, 3.8) is 0 Å². The number of nitrogens with zero attached hydrogens (tertiary/aromatic N) is 1. The average molecular weight is 292 g/mol. The van der Waals surface area contributed by atoms with Crippen molar-refractivity contribution in [2.75, 3.05) is 24.5 Å². The molecule has 0 bridgehead atoms. The van der Waals surface area contributed by atoms with E-state index in [1.165, 1.54) is 23.2 Å². The van der Waals surface area contributed by atoms with Crippen molar-refractivity contribution < 1.29 is 4.79 Å². The van der Waals surface area contributed by atoms with Crippen LogP contribution in [0.3, 0.4) is 0 Å². The molecule has 2 heterocycles. The van der Waals surface area contributed by atoms with Gasteiger partial charge in [0.15, 0.2) is 0 Å². The molecule has 22 heavy (non-hydrogen) atoms. The van der Waals surface area contributed by atoms with Crippen LogP contribution in [-0.4, -0.2) is 32.0 Å². The molecule has 1 atom stereocenters. The van der Waals surface area contributed by atoms with Crippen molar-refractivity contribution >= 4 is 12.0 Å². The van der Waals surface area contributed by atoms with Crippen molar-refractivity contribution in [2.45, 2.75) is 18.9 Å². The van der Waals surface area contributed by atoms with E-state index in [1.54, 1.807) is 0 Å². The van der Waals surface area contributed by atoms with Crippen LogP contribution in [0.2, 0.25) is 0 Å². The molecule has 2 aromatic carbocycles. The van der Waals surface area contributed by atoms with Gasteiger partial charge in [-0.25, -0.2) is 0 Å². The Morgan fingerprint density at radius 3 is 2.91 bits per heavy atom. The van der Waals surface area contributed by atoms with Gasteiger partial charge in [0.1, 0.15) is 6.29 Å². The summed E-state index contributed by atoms with van der Waals surface area (Å²) in [5.74, 6) is 0. The van der Waals surface area contributed by atoms with Crippen LogP contribution in [0.15, 0.2) is 42.5 Å². The van der Waals surface area contributed by atoms with Crippen LogP contribution in [0.1, 0.15) is 22.3 Å². The standard InChI is InChI=1S/C19H20N2O/c22-13-14-2-1-3-15(10-14)16-4-5-17-11-18-6-7-20-8-9-21(18)19(17)12-16/h1-5,10,12-13,18,20H,6-9,11H2. The molecule has 0 spiro atoms. The summed E-state index contributed by atoms with van der Waals surface area (Å²) in [6.45, 7) is 3.25. The van der Waals surface area contributed by atoms with Crippen LogP contribution in [0.4, 0.5) is 5.69 Å². The zero-order valence-electron chi connectivity index (χ0n) is 12.6. The lowest BCUT2D eigenvalue weighted by Crippen LogP contribution is -2.32. The van der Waals surface area contributed by atoms with Crippen molar-refractivity contribution in [3.8, 4) is 11.1 Å². The van der Waals surface area contributed by atoms with Crippen molar-refractivity contribution in [1.82, 2.24) is 5.32 Å². The Morgan fingerprint density at radius 1 is 1.09 bits per heavy atom.